The highest BCUT2D eigenvalue weighted by atomic mass is 16.5. The lowest BCUT2D eigenvalue weighted by Gasteiger charge is -2.23. The Kier molecular flexibility index (Phi) is 4.36. The third-order valence-corrected chi connectivity index (χ3v) is 6.34. The Morgan fingerprint density at radius 1 is 1.15 bits per heavy atom. The van der Waals surface area contributed by atoms with Crippen LogP contribution < -0.4 is 5.32 Å². The SMILES string of the molecule is CN=C(NCc1ccc(Cn2cccn2)cc1)N1CC2C3CCC(O3)C2C1. The monoisotopic (exact) mass is 365 g/mol. The van der Waals surface area contributed by atoms with Crippen molar-refractivity contribution in [3.63, 3.8) is 0 Å². The lowest BCUT2D eigenvalue weighted by molar-refractivity contribution is 0.0767. The Morgan fingerprint density at radius 2 is 1.85 bits per heavy atom. The molecule has 4 atom stereocenters. The van der Waals surface area contributed by atoms with Crippen LogP contribution in [0.4, 0.5) is 0 Å². The van der Waals surface area contributed by atoms with Gasteiger partial charge in [-0.3, -0.25) is 9.67 Å². The van der Waals surface area contributed by atoms with Gasteiger partial charge in [-0.15, -0.1) is 0 Å². The number of rotatable bonds is 4. The van der Waals surface area contributed by atoms with Crippen LogP contribution in [0.2, 0.25) is 0 Å². The van der Waals surface area contributed by atoms with Crippen LogP contribution in [-0.2, 0) is 17.8 Å². The summed E-state index contributed by atoms with van der Waals surface area (Å²) < 4.78 is 8.03. The average molecular weight is 365 g/mol. The summed E-state index contributed by atoms with van der Waals surface area (Å²) in [7, 11) is 1.88. The summed E-state index contributed by atoms with van der Waals surface area (Å²) in [5, 5.41) is 7.81. The standard InChI is InChI=1S/C21H27N5O/c1-22-21(25-13-17-18(14-25)20-8-7-19(17)27-20)23-11-15-3-5-16(6-4-15)12-26-10-2-9-24-26/h2-6,9-10,17-20H,7-8,11-14H2,1H3,(H,22,23). The number of aliphatic imine (C=N–C) groups is 1. The number of aromatic nitrogens is 2. The molecule has 27 heavy (non-hydrogen) atoms. The maximum atomic E-state index is 6.09. The van der Waals surface area contributed by atoms with E-state index in [9.17, 15) is 0 Å². The topological polar surface area (TPSA) is 54.7 Å². The van der Waals surface area contributed by atoms with E-state index in [1.807, 2.05) is 30.2 Å². The van der Waals surface area contributed by atoms with Crippen LogP contribution in [0.1, 0.15) is 24.0 Å². The van der Waals surface area contributed by atoms with Crippen LogP contribution in [0.5, 0.6) is 0 Å². The summed E-state index contributed by atoms with van der Waals surface area (Å²) in [6.07, 6.45) is 7.28. The highest BCUT2D eigenvalue weighted by Crippen LogP contribution is 2.47. The molecule has 6 nitrogen and oxygen atoms in total. The van der Waals surface area contributed by atoms with Crippen LogP contribution in [0, 0.1) is 11.8 Å². The zero-order valence-corrected chi connectivity index (χ0v) is 15.8. The zero-order chi connectivity index (χ0) is 18.2. The Balaban J connectivity index is 1.17. The molecule has 3 saturated heterocycles. The van der Waals surface area contributed by atoms with Crippen molar-refractivity contribution >= 4 is 5.96 Å². The molecule has 0 saturated carbocycles. The first kappa shape index (κ1) is 16.8. The largest absolute Gasteiger partial charge is 0.374 e. The molecule has 1 aromatic heterocycles. The highest BCUT2D eigenvalue weighted by molar-refractivity contribution is 5.80. The van der Waals surface area contributed by atoms with E-state index < -0.39 is 0 Å². The van der Waals surface area contributed by atoms with Crippen molar-refractivity contribution in [2.45, 2.75) is 38.1 Å². The zero-order valence-electron chi connectivity index (χ0n) is 15.8. The fourth-order valence-corrected chi connectivity index (χ4v) is 4.99. The van der Waals surface area contributed by atoms with Gasteiger partial charge in [-0.05, 0) is 30.0 Å². The van der Waals surface area contributed by atoms with Gasteiger partial charge in [-0.1, -0.05) is 24.3 Å². The molecule has 1 N–H and O–H groups in total. The molecular formula is C21H27N5O. The van der Waals surface area contributed by atoms with Gasteiger partial charge >= 0.3 is 0 Å². The number of guanidine groups is 1. The van der Waals surface area contributed by atoms with Crippen LogP contribution in [0.3, 0.4) is 0 Å². The first-order chi connectivity index (χ1) is 13.3. The Bertz CT molecular complexity index is 782. The Labute approximate surface area is 160 Å². The predicted molar refractivity (Wildman–Crippen MR) is 104 cm³/mol. The molecule has 6 heteroatoms. The minimum atomic E-state index is 0.491. The molecule has 0 radical (unpaired) electrons. The second kappa shape index (κ2) is 7.00. The van der Waals surface area contributed by atoms with Crippen molar-refractivity contribution in [1.82, 2.24) is 20.0 Å². The van der Waals surface area contributed by atoms with Crippen molar-refractivity contribution in [3.8, 4) is 0 Å². The summed E-state index contributed by atoms with van der Waals surface area (Å²) >= 11 is 0. The van der Waals surface area contributed by atoms with E-state index in [1.54, 1.807) is 0 Å². The van der Waals surface area contributed by atoms with E-state index in [0.29, 0.717) is 24.0 Å². The maximum absolute atomic E-state index is 6.09. The van der Waals surface area contributed by atoms with Crippen molar-refractivity contribution in [1.29, 1.82) is 0 Å². The fraction of sp³-hybridized carbons (Fsp3) is 0.524. The number of likely N-dealkylation sites (tertiary alicyclic amines) is 1. The smallest absolute Gasteiger partial charge is 0.193 e. The van der Waals surface area contributed by atoms with Gasteiger partial charge in [-0.25, -0.2) is 0 Å². The first-order valence-corrected chi connectivity index (χ1v) is 9.96. The van der Waals surface area contributed by atoms with Crippen molar-refractivity contribution < 1.29 is 4.74 Å². The fourth-order valence-electron chi connectivity index (χ4n) is 4.99. The molecule has 4 heterocycles. The highest BCUT2D eigenvalue weighted by Gasteiger charge is 2.53. The summed E-state index contributed by atoms with van der Waals surface area (Å²) in [5.74, 6) is 2.41. The molecule has 4 unspecified atom stereocenters. The molecule has 0 spiro atoms. The normalized spacial score (nSPS) is 29.4. The molecule has 2 aromatic rings. The average Bonchev–Trinajstić information content (AvgIpc) is 3.46. The molecule has 142 valence electrons. The van der Waals surface area contributed by atoms with Crippen LogP contribution >= 0.6 is 0 Å². The minimum absolute atomic E-state index is 0.491. The second-order valence-electron chi connectivity index (χ2n) is 7.94. The number of hydrogen-bond donors (Lipinski definition) is 1. The summed E-state index contributed by atoms with van der Waals surface area (Å²) in [5.41, 5.74) is 2.53. The molecule has 3 aliphatic rings. The predicted octanol–water partition coefficient (Wildman–Crippen LogP) is 2.12. The Morgan fingerprint density at radius 3 is 2.48 bits per heavy atom. The van der Waals surface area contributed by atoms with E-state index >= 15 is 0 Å². The maximum Gasteiger partial charge on any atom is 0.193 e. The van der Waals surface area contributed by atoms with Crippen molar-refractivity contribution in [3.05, 3.63) is 53.9 Å². The molecule has 3 aliphatic heterocycles. The summed E-state index contributed by atoms with van der Waals surface area (Å²) in [6, 6.07) is 10.7. The number of nitrogens with zero attached hydrogens (tertiary/aromatic N) is 4. The Hall–Kier alpha value is -2.34. The molecule has 0 aliphatic carbocycles. The molecule has 3 fully saturated rings. The lowest BCUT2D eigenvalue weighted by atomic mass is 9.82. The van der Waals surface area contributed by atoms with Gasteiger partial charge in [-0.2, -0.15) is 5.10 Å². The molecule has 2 bridgehead atoms. The number of ether oxygens (including phenoxy) is 1. The van der Waals surface area contributed by atoms with E-state index in [4.69, 9.17) is 4.74 Å². The van der Waals surface area contributed by atoms with E-state index in [1.165, 1.54) is 24.0 Å². The van der Waals surface area contributed by atoms with E-state index in [-0.39, 0.29) is 0 Å². The minimum Gasteiger partial charge on any atom is -0.374 e. The third kappa shape index (κ3) is 3.23. The van der Waals surface area contributed by atoms with Crippen LogP contribution in [0.15, 0.2) is 47.7 Å². The van der Waals surface area contributed by atoms with E-state index in [0.717, 1.165) is 32.1 Å². The van der Waals surface area contributed by atoms with Gasteiger partial charge in [0.05, 0.1) is 18.8 Å². The van der Waals surface area contributed by atoms with Gasteiger partial charge in [0.1, 0.15) is 0 Å². The molecular weight excluding hydrogens is 338 g/mol. The molecule has 5 rings (SSSR count). The van der Waals surface area contributed by atoms with Crippen molar-refractivity contribution in [2.24, 2.45) is 16.8 Å². The van der Waals surface area contributed by atoms with Gasteiger partial charge in [0, 0.05) is 50.9 Å². The van der Waals surface area contributed by atoms with E-state index in [2.05, 4.69) is 44.6 Å². The van der Waals surface area contributed by atoms with Gasteiger partial charge < -0.3 is 15.0 Å². The first-order valence-electron chi connectivity index (χ1n) is 9.96. The number of benzene rings is 1. The quantitative estimate of drug-likeness (QED) is 0.666. The molecule has 1 aromatic carbocycles. The van der Waals surface area contributed by atoms with Crippen LogP contribution in [-0.4, -0.2) is 53.0 Å². The lowest BCUT2D eigenvalue weighted by Crippen LogP contribution is -2.40. The van der Waals surface area contributed by atoms with Gasteiger partial charge in [0.15, 0.2) is 5.96 Å². The van der Waals surface area contributed by atoms with Crippen LogP contribution in [0.25, 0.3) is 0 Å². The molecule has 0 amide bonds. The number of nitrogens with one attached hydrogen (secondary N) is 1. The number of hydrogen-bond acceptors (Lipinski definition) is 3. The summed E-state index contributed by atoms with van der Waals surface area (Å²) in [6.45, 7) is 3.76. The van der Waals surface area contributed by atoms with Crippen molar-refractivity contribution in [2.75, 3.05) is 20.1 Å². The summed E-state index contributed by atoms with van der Waals surface area (Å²) in [4.78, 5) is 6.96. The van der Waals surface area contributed by atoms with Gasteiger partial charge in [0.2, 0.25) is 0 Å². The van der Waals surface area contributed by atoms with Gasteiger partial charge in [0.25, 0.3) is 0 Å². The second-order valence-corrected chi connectivity index (χ2v) is 7.94. The third-order valence-electron chi connectivity index (χ3n) is 6.34. The number of fused-ring (bicyclic) bond motifs is 5.